The zero-order chi connectivity index (χ0) is 22.0. The fraction of sp³-hybridized carbons (Fsp3) is 0.154. The number of pyridine rings is 1. The van der Waals surface area contributed by atoms with Crippen LogP contribution in [-0.4, -0.2) is 29.4 Å². The Bertz CT molecular complexity index is 1250. The Balaban J connectivity index is 1.64. The van der Waals surface area contributed by atoms with E-state index in [4.69, 9.17) is 4.98 Å². The number of aryl methyl sites for hydroxylation is 2. The van der Waals surface area contributed by atoms with E-state index in [0.29, 0.717) is 0 Å². The van der Waals surface area contributed by atoms with Gasteiger partial charge in [-0.15, -0.1) is 0 Å². The largest absolute Gasteiger partial charge is 0.378 e. The monoisotopic (exact) mass is 410 g/mol. The Kier molecular flexibility index (Phi) is 5.58. The Morgan fingerprint density at radius 1 is 0.968 bits per heavy atom. The van der Waals surface area contributed by atoms with Crippen LogP contribution in [0.3, 0.4) is 0 Å². The van der Waals surface area contributed by atoms with Gasteiger partial charge >= 0.3 is 0 Å². The lowest BCUT2D eigenvalue weighted by Gasteiger charge is -2.12. The van der Waals surface area contributed by atoms with Gasteiger partial charge in [0.25, 0.3) is 0 Å². The van der Waals surface area contributed by atoms with Crippen molar-refractivity contribution >= 4 is 29.0 Å². The molecule has 4 rings (SSSR count). The standard InChI is InChI=1S/C26H26N4O/c1-18-5-7-20(8-6-18)26-23(30-16-15-19(2)17-24(30)28-26)13-14-25(31)27-21-9-11-22(12-10-21)29(3)4/h5-17H,1-4H3,(H,27,31)/b14-13+. The molecule has 0 aliphatic rings. The van der Waals surface area contributed by atoms with Crippen LogP contribution >= 0.6 is 0 Å². The van der Waals surface area contributed by atoms with Crippen LogP contribution in [0.1, 0.15) is 16.8 Å². The number of carbonyl (C=O) groups is 1. The van der Waals surface area contributed by atoms with E-state index in [2.05, 4.69) is 36.5 Å². The first-order valence-electron chi connectivity index (χ1n) is 10.2. The summed E-state index contributed by atoms with van der Waals surface area (Å²) >= 11 is 0. The second-order valence-electron chi connectivity index (χ2n) is 7.91. The minimum absolute atomic E-state index is 0.186. The van der Waals surface area contributed by atoms with Crippen molar-refractivity contribution < 1.29 is 4.79 Å². The number of anilines is 2. The number of rotatable bonds is 5. The number of aromatic nitrogens is 2. The summed E-state index contributed by atoms with van der Waals surface area (Å²) in [7, 11) is 3.97. The average Bonchev–Trinajstić information content (AvgIpc) is 3.10. The molecular weight excluding hydrogens is 384 g/mol. The number of hydrogen-bond donors (Lipinski definition) is 1. The number of nitrogens with one attached hydrogen (secondary N) is 1. The fourth-order valence-electron chi connectivity index (χ4n) is 3.43. The maximum atomic E-state index is 12.6. The Morgan fingerprint density at radius 2 is 1.68 bits per heavy atom. The highest BCUT2D eigenvalue weighted by Gasteiger charge is 2.12. The molecule has 0 unspecified atom stereocenters. The summed E-state index contributed by atoms with van der Waals surface area (Å²) in [6.45, 7) is 4.11. The van der Waals surface area contributed by atoms with Crippen molar-refractivity contribution in [1.29, 1.82) is 0 Å². The lowest BCUT2D eigenvalue weighted by Crippen LogP contribution is -2.10. The Labute approximate surface area is 182 Å². The van der Waals surface area contributed by atoms with E-state index in [0.717, 1.165) is 39.5 Å². The highest BCUT2D eigenvalue weighted by Crippen LogP contribution is 2.26. The van der Waals surface area contributed by atoms with Gasteiger partial charge in [-0.2, -0.15) is 0 Å². The molecule has 5 heteroatoms. The number of carbonyl (C=O) groups excluding carboxylic acids is 1. The number of amides is 1. The number of fused-ring (bicyclic) bond motifs is 1. The van der Waals surface area contributed by atoms with Crippen LogP contribution in [0.5, 0.6) is 0 Å². The van der Waals surface area contributed by atoms with Gasteiger partial charge in [0.05, 0.1) is 11.4 Å². The molecule has 31 heavy (non-hydrogen) atoms. The summed E-state index contributed by atoms with van der Waals surface area (Å²) in [5.41, 5.74) is 7.77. The first-order chi connectivity index (χ1) is 14.9. The lowest BCUT2D eigenvalue weighted by atomic mass is 10.1. The molecule has 0 saturated heterocycles. The molecular formula is C26H26N4O. The summed E-state index contributed by atoms with van der Waals surface area (Å²) in [5, 5.41) is 2.92. The number of nitrogens with zero attached hydrogens (tertiary/aromatic N) is 3. The van der Waals surface area contributed by atoms with Gasteiger partial charge in [-0.25, -0.2) is 4.98 Å². The topological polar surface area (TPSA) is 49.6 Å². The molecule has 4 aromatic rings. The third-order valence-corrected chi connectivity index (χ3v) is 5.19. The molecule has 0 fully saturated rings. The lowest BCUT2D eigenvalue weighted by molar-refractivity contribution is -0.111. The minimum atomic E-state index is -0.186. The van der Waals surface area contributed by atoms with Crippen LogP contribution in [0.2, 0.25) is 0 Å². The van der Waals surface area contributed by atoms with E-state index in [1.807, 2.05) is 79.0 Å². The number of hydrogen-bond acceptors (Lipinski definition) is 3. The van der Waals surface area contributed by atoms with Gasteiger partial charge in [0.2, 0.25) is 5.91 Å². The molecule has 0 radical (unpaired) electrons. The predicted molar refractivity (Wildman–Crippen MR) is 129 cm³/mol. The molecule has 0 saturated carbocycles. The van der Waals surface area contributed by atoms with Crippen molar-refractivity contribution in [2.75, 3.05) is 24.3 Å². The van der Waals surface area contributed by atoms with E-state index in [9.17, 15) is 4.79 Å². The molecule has 0 spiro atoms. The highest BCUT2D eigenvalue weighted by atomic mass is 16.1. The van der Waals surface area contributed by atoms with Gasteiger partial charge in [0, 0.05) is 43.3 Å². The number of imidazole rings is 1. The normalized spacial score (nSPS) is 11.2. The Morgan fingerprint density at radius 3 is 2.35 bits per heavy atom. The maximum absolute atomic E-state index is 12.6. The molecule has 0 aliphatic heterocycles. The summed E-state index contributed by atoms with van der Waals surface area (Å²) < 4.78 is 2.01. The molecule has 0 atom stereocenters. The molecule has 0 aliphatic carbocycles. The van der Waals surface area contributed by atoms with Crippen LogP contribution < -0.4 is 10.2 Å². The summed E-state index contributed by atoms with van der Waals surface area (Å²) in [6.07, 6.45) is 5.38. The van der Waals surface area contributed by atoms with Crippen molar-refractivity contribution in [2.24, 2.45) is 0 Å². The van der Waals surface area contributed by atoms with Crippen LogP contribution in [0, 0.1) is 13.8 Å². The SMILES string of the molecule is Cc1ccc(-c2nc3cc(C)ccn3c2/C=C/C(=O)Nc2ccc(N(C)C)cc2)cc1. The second-order valence-corrected chi connectivity index (χ2v) is 7.91. The summed E-state index contributed by atoms with van der Waals surface area (Å²) in [6, 6.07) is 20.1. The molecule has 1 N–H and O–H groups in total. The van der Waals surface area contributed by atoms with E-state index in [1.165, 1.54) is 5.56 Å². The van der Waals surface area contributed by atoms with Crippen molar-refractivity contribution in [3.63, 3.8) is 0 Å². The quantitative estimate of drug-likeness (QED) is 0.452. The van der Waals surface area contributed by atoms with Crippen LogP contribution in [0.15, 0.2) is 72.9 Å². The van der Waals surface area contributed by atoms with Gasteiger partial charge in [0.1, 0.15) is 5.65 Å². The maximum Gasteiger partial charge on any atom is 0.248 e. The van der Waals surface area contributed by atoms with Gasteiger partial charge in [-0.1, -0.05) is 29.8 Å². The zero-order valence-corrected chi connectivity index (χ0v) is 18.3. The second kappa shape index (κ2) is 8.48. The van der Waals surface area contributed by atoms with Crippen molar-refractivity contribution in [3.8, 4) is 11.3 Å². The van der Waals surface area contributed by atoms with Crippen LogP contribution in [0.25, 0.3) is 23.0 Å². The van der Waals surface area contributed by atoms with Crippen LogP contribution in [0.4, 0.5) is 11.4 Å². The van der Waals surface area contributed by atoms with Gasteiger partial charge in [-0.05, 0) is 61.9 Å². The smallest absolute Gasteiger partial charge is 0.248 e. The molecule has 1 amide bonds. The number of benzene rings is 2. The van der Waals surface area contributed by atoms with Crippen molar-refractivity contribution in [1.82, 2.24) is 9.38 Å². The fourth-order valence-corrected chi connectivity index (χ4v) is 3.43. The molecule has 2 heterocycles. The molecule has 5 nitrogen and oxygen atoms in total. The van der Waals surface area contributed by atoms with E-state index < -0.39 is 0 Å². The van der Waals surface area contributed by atoms with Gasteiger partial charge in [0.15, 0.2) is 0 Å². The third kappa shape index (κ3) is 4.51. The first kappa shape index (κ1) is 20.4. The first-order valence-corrected chi connectivity index (χ1v) is 10.2. The van der Waals surface area contributed by atoms with Gasteiger partial charge in [-0.3, -0.25) is 9.20 Å². The van der Waals surface area contributed by atoms with Crippen molar-refractivity contribution in [2.45, 2.75) is 13.8 Å². The molecule has 2 aromatic heterocycles. The Hall–Kier alpha value is -3.86. The third-order valence-electron chi connectivity index (χ3n) is 5.19. The van der Waals surface area contributed by atoms with Crippen LogP contribution in [-0.2, 0) is 4.79 Å². The minimum Gasteiger partial charge on any atom is -0.378 e. The van der Waals surface area contributed by atoms with Crippen molar-refractivity contribution in [3.05, 3.63) is 89.8 Å². The molecule has 0 bridgehead atoms. The summed E-state index contributed by atoms with van der Waals surface area (Å²) in [5.74, 6) is -0.186. The van der Waals surface area contributed by atoms with E-state index in [1.54, 1.807) is 6.08 Å². The van der Waals surface area contributed by atoms with Gasteiger partial charge < -0.3 is 10.2 Å². The highest BCUT2D eigenvalue weighted by molar-refractivity contribution is 6.02. The predicted octanol–water partition coefficient (Wildman–Crippen LogP) is 5.34. The van der Waals surface area contributed by atoms with E-state index in [-0.39, 0.29) is 5.91 Å². The summed E-state index contributed by atoms with van der Waals surface area (Å²) in [4.78, 5) is 19.4. The molecule has 156 valence electrons. The van der Waals surface area contributed by atoms with E-state index >= 15 is 0 Å². The average molecular weight is 411 g/mol. The molecule has 2 aromatic carbocycles. The zero-order valence-electron chi connectivity index (χ0n) is 18.3.